The van der Waals surface area contributed by atoms with Crippen molar-refractivity contribution in [3.8, 4) is 17.2 Å². The molecular formula is C33H32F5N3O5S2. The lowest BCUT2D eigenvalue weighted by Gasteiger charge is -2.46. The van der Waals surface area contributed by atoms with Gasteiger partial charge in [-0.1, -0.05) is 12.1 Å². The number of piperidine rings is 1. The third-order valence-electron chi connectivity index (χ3n) is 8.84. The zero-order valence-electron chi connectivity index (χ0n) is 25.9. The predicted molar refractivity (Wildman–Crippen MR) is 169 cm³/mol. The van der Waals surface area contributed by atoms with E-state index in [4.69, 9.17) is 14.2 Å². The molecule has 0 saturated carbocycles. The van der Waals surface area contributed by atoms with E-state index in [1.165, 1.54) is 44.7 Å². The molecule has 3 aromatic carbocycles. The van der Waals surface area contributed by atoms with Gasteiger partial charge in [-0.3, -0.25) is 4.90 Å². The van der Waals surface area contributed by atoms with Crippen LogP contribution >= 0.6 is 11.3 Å². The summed E-state index contributed by atoms with van der Waals surface area (Å²) in [7, 11) is -1.67. The smallest absolute Gasteiger partial charge is 0.391 e. The Morgan fingerprint density at radius 1 is 1.02 bits per heavy atom. The topological polar surface area (TPSA) is 81.2 Å². The van der Waals surface area contributed by atoms with E-state index in [-0.39, 0.29) is 43.4 Å². The molecule has 0 N–H and O–H groups in total. The Morgan fingerprint density at radius 2 is 1.79 bits per heavy atom. The predicted octanol–water partition coefficient (Wildman–Crippen LogP) is 7.67. The molecule has 1 saturated heterocycles. The van der Waals surface area contributed by atoms with Gasteiger partial charge in [0.1, 0.15) is 33.8 Å². The van der Waals surface area contributed by atoms with Gasteiger partial charge in [-0.15, -0.1) is 11.3 Å². The highest BCUT2D eigenvalue weighted by molar-refractivity contribution is 7.93. The van der Waals surface area contributed by atoms with E-state index in [1.807, 2.05) is 4.90 Å². The minimum absolute atomic E-state index is 0.0412. The quantitative estimate of drug-likeness (QED) is 0.165. The molecule has 48 heavy (non-hydrogen) atoms. The summed E-state index contributed by atoms with van der Waals surface area (Å²) in [6.07, 6.45) is -3.07. The number of hydrogen-bond donors (Lipinski definition) is 0. The maximum atomic E-state index is 16.2. The van der Waals surface area contributed by atoms with Crippen LogP contribution in [-0.4, -0.2) is 51.8 Å². The molecule has 2 aliphatic rings. The molecule has 1 fully saturated rings. The third kappa shape index (κ3) is 6.67. The molecule has 1 unspecified atom stereocenters. The zero-order chi connectivity index (χ0) is 34.2. The maximum Gasteiger partial charge on any atom is 0.391 e. The highest BCUT2D eigenvalue weighted by Gasteiger charge is 2.47. The molecule has 4 aromatic rings. The van der Waals surface area contributed by atoms with Gasteiger partial charge in [0.2, 0.25) is 0 Å². The molecule has 2 aliphatic heterocycles. The molecule has 15 heteroatoms. The maximum absolute atomic E-state index is 16.2. The largest absolute Gasteiger partial charge is 0.497 e. The first-order chi connectivity index (χ1) is 22.9. The van der Waals surface area contributed by atoms with E-state index >= 15 is 4.39 Å². The Hall–Kier alpha value is -3.95. The first-order valence-corrected chi connectivity index (χ1v) is 17.4. The number of aromatic nitrogens is 1. The van der Waals surface area contributed by atoms with E-state index in [2.05, 4.69) is 4.98 Å². The highest BCUT2D eigenvalue weighted by Crippen LogP contribution is 2.49. The van der Waals surface area contributed by atoms with Crippen molar-refractivity contribution in [3.05, 3.63) is 94.5 Å². The summed E-state index contributed by atoms with van der Waals surface area (Å²) in [6, 6.07) is 11.1. The summed E-state index contributed by atoms with van der Waals surface area (Å²) < 4.78 is 118. The lowest BCUT2D eigenvalue weighted by Crippen LogP contribution is -2.44. The number of ether oxygens (including phenoxy) is 3. The number of nitrogens with zero attached hydrogens (tertiary/aromatic N) is 3. The number of halogens is 5. The zero-order valence-corrected chi connectivity index (χ0v) is 27.5. The number of methoxy groups -OCH3 is 2. The minimum Gasteiger partial charge on any atom is -0.497 e. The number of anilines is 1. The van der Waals surface area contributed by atoms with Crippen LogP contribution in [-0.2, 0) is 16.6 Å². The van der Waals surface area contributed by atoms with Gasteiger partial charge in [-0.2, -0.15) is 13.2 Å². The molecule has 0 spiro atoms. The Morgan fingerprint density at radius 3 is 2.46 bits per heavy atom. The lowest BCUT2D eigenvalue weighted by molar-refractivity contribution is -0.192. The molecular weight excluding hydrogens is 678 g/mol. The lowest BCUT2D eigenvalue weighted by atomic mass is 9.84. The SMILES string of the molecule is COc1ccc(CN(c2nccs2)S(=O)(=O)c2cc3c(cc2F)C(N2CC[C@@H](C(F)(F)F)C[C@H]2c2ccc(F)cc2)CCO3)c(OC)c1. The molecule has 256 valence electrons. The number of thiazole rings is 1. The van der Waals surface area contributed by atoms with Gasteiger partial charge in [-0.05, 0) is 55.3 Å². The molecule has 6 rings (SSSR count). The van der Waals surface area contributed by atoms with E-state index in [0.29, 0.717) is 34.6 Å². The average Bonchev–Trinajstić information content (AvgIpc) is 3.61. The van der Waals surface area contributed by atoms with E-state index in [0.717, 1.165) is 27.8 Å². The van der Waals surface area contributed by atoms with Crippen molar-refractivity contribution in [2.24, 2.45) is 5.92 Å². The first kappa shape index (κ1) is 33.9. The van der Waals surface area contributed by atoms with Gasteiger partial charge < -0.3 is 14.2 Å². The molecule has 0 radical (unpaired) electrons. The highest BCUT2D eigenvalue weighted by atomic mass is 32.2. The van der Waals surface area contributed by atoms with Gasteiger partial charge in [0.05, 0.1) is 33.3 Å². The normalized spacial score (nSPS) is 20.1. The second-order valence-corrected chi connectivity index (χ2v) is 14.2. The molecule has 0 bridgehead atoms. The standard InChI is InChI=1S/C33H32F5N3O5S2/c1-44-24-8-5-21(29(16-24)45-2)19-41(32-39-11-14-47-32)48(42,43)31-18-30-25(17-26(31)35)27(10-13-46-30)40-12-9-22(33(36,37)38)15-28(40)20-3-6-23(34)7-4-20/h3-8,11,14,16-18,22,27-28H,9-10,12-13,15,19H2,1-2H3/t22-,27?,28+/m1/s1. The molecule has 8 nitrogen and oxygen atoms in total. The van der Waals surface area contributed by atoms with E-state index in [1.54, 1.807) is 23.6 Å². The van der Waals surface area contributed by atoms with E-state index in [9.17, 15) is 26.0 Å². The van der Waals surface area contributed by atoms with Crippen LogP contribution in [0.5, 0.6) is 17.2 Å². The second kappa shape index (κ2) is 13.5. The van der Waals surface area contributed by atoms with Crippen LogP contribution < -0.4 is 18.5 Å². The van der Waals surface area contributed by atoms with Crippen molar-refractivity contribution in [1.82, 2.24) is 9.88 Å². The molecule has 0 aliphatic carbocycles. The first-order valence-electron chi connectivity index (χ1n) is 15.1. The Labute approximate surface area is 278 Å². The van der Waals surface area contributed by atoms with Crippen LogP contribution in [0.25, 0.3) is 0 Å². The number of sulfonamides is 1. The second-order valence-electron chi connectivity index (χ2n) is 11.5. The van der Waals surface area contributed by atoms with Crippen molar-refractivity contribution in [2.75, 3.05) is 31.7 Å². The summed E-state index contributed by atoms with van der Waals surface area (Å²) >= 11 is 1.05. The van der Waals surface area contributed by atoms with Crippen LogP contribution in [0.1, 0.15) is 48.0 Å². The summed E-state index contributed by atoms with van der Waals surface area (Å²) in [5, 5.41) is 1.69. The number of rotatable bonds is 9. The van der Waals surface area contributed by atoms with Gasteiger partial charge in [0.25, 0.3) is 10.0 Å². The fourth-order valence-corrected chi connectivity index (χ4v) is 8.76. The average molecular weight is 710 g/mol. The van der Waals surface area contributed by atoms with Gasteiger partial charge in [-0.25, -0.2) is 26.5 Å². The summed E-state index contributed by atoms with van der Waals surface area (Å²) in [5.74, 6) is -2.16. The van der Waals surface area contributed by atoms with Crippen LogP contribution in [0, 0.1) is 17.6 Å². The Bertz CT molecular complexity index is 1860. The summed E-state index contributed by atoms with van der Waals surface area (Å²) in [5.41, 5.74) is 1.31. The minimum atomic E-state index is -4.59. The van der Waals surface area contributed by atoms with Crippen molar-refractivity contribution < 1.29 is 44.6 Å². The van der Waals surface area contributed by atoms with Crippen LogP contribution in [0.2, 0.25) is 0 Å². The van der Waals surface area contributed by atoms with E-state index < -0.39 is 50.7 Å². The van der Waals surface area contributed by atoms with Crippen molar-refractivity contribution in [1.29, 1.82) is 0 Å². The Kier molecular flexibility index (Phi) is 9.55. The number of likely N-dealkylation sites (tertiary alicyclic amines) is 1. The molecule has 0 amide bonds. The van der Waals surface area contributed by atoms with Crippen molar-refractivity contribution >= 4 is 26.5 Å². The van der Waals surface area contributed by atoms with Gasteiger partial charge in [0.15, 0.2) is 5.13 Å². The number of benzene rings is 3. The molecule has 3 heterocycles. The van der Waals surface area contributed by atoms with Gasteiger partial charge in [0, 0.05) is 53.3 Å². The number of alkyl halides is 3. The van der Waals surface area contributed by atoms with Crippen LogP contribution in [0.3, 0.4) is 0 Å². The van der Waals surface area contributed by atoms with Gasteiger partial charge >= 0.3 is 6.18 Å². The fourth-order valence-electron chi connectivity index (χ4n) is 6.43. The molecule has 1 aromatic heterocycles. The van der Waals surface area contributed by atoms with Crippen molar-refractivity contribution in [3.63, 3.8) is 0 Å². The summed E-state index contributed by atoms with van der Waals surface area (Å²) in [4.78, 5) is 5.41. The summed E-state index contributed by atoms with van der Waals surface area (Å²) in [6.45, 7) is -0.0760. The van der Waals surface area contributed by atoms with Crippen LogP contribution in [0.4, 0.5) is 27.1 Å². The monoisotopic (exact) mass is 709 g/mol. The number of hydrogen-bond acceptors (Lipinski definition) is 8. The Balaban J connectivity index is 1.37. The molecule has 3 atom stereocenters. The number of fused-ring (bicyclic) bond motifs is 1. The third-order valence-corrected chi connectivity index (χ3v) is 11.5. The fraction of sp³-hybridized carbons (Fsp3) is 0.364. The van der Waals surface area contributed by atoms with Crippen molar-refractivity contribution in [2.45, 2.75) is 49.0 Å². The van der Waals surface area contributed by atoms with Crippen LogP contribution in [0.15, 0.2) is 71.1 Å².